The first kappa shape index (κ1) is 15.4. The van der Waals surface area contributed by atoms with E-state index in [0.29, 0.717) is 5.69 Å². The summed E-state index contributed by atoms with van der Waals surface area (Å²) in [6.45, 7) is 1.89. The Bertz CT molecular complexity index is 906. The Balaban J connectivity index is 1.94. The first-order chi connectivity index (χ1) is 11.6. The minimum atomic E-state index is -0.629. The second kappa shape index (κ2) is 6.32. The van der Waals surface area contributed by atoms with Crippen LogP contribution < -0.4 is 11.1 Å². The quantitative estimate of drug-likeness (QED) is 0.689. The van der Waals surface area contributed by atoms with E-state index in [1.54, 1.807) is 31.2 Å². The molecular weight excluding hydrogens is 312 g/mol. The molecule has 0 fully saturated rings. The smallest absolute Gasteiger partial charge is 0.360 e. The number of hydrogen-bond donors (Lipinski definition) is 2. The van der Waals surface area contributed by atoms with Crippen molar-refractivity contribution in [3.8, 4) is 0 Å². The molecule has 0 saturated heterocycles. The van der Waals surface area contributed by atoms with Crippen LogP contribution in [0, 0.1) is 0 Å². The summed E-state index contributed by atoms with van der Waals surface area (Å²) in [6.07, 6.45) is 1.30. The van der Waals surface area contributed by atoms with Crippen LogP contribution in [0.2, 0.25) is 0 Å². The Kier molecular flexibility index (Phi) is 4.06. The highest BCUT2D eigenvalue weighted by atomic mass is 16.5. The lowest BCUT2D eigenvalue weighted by Crippen LogP contribution is -2.19. The zero-order valence-electron chi connectivity index (χ0n) is 12.8. The van der Waals surface area contributed by atoms with Gasteiger partial charge in [-0.1, -0.05) is 18.2 Å². The van der Waals surface area contributed by atoms with E-state index in [2.05, 4.69) is 20.5 Å². The molecule has 0 radical (unpaired) electrons. The molecule has 0 bridgehead atoms. The molecule has 0 atom stereocenters. The molecule has 1 amide bonds. The van der Waals surface area contributed by atoms with Crippen molar-refractivity contribution < 1.29 is 14.3 Å². The molecule has 0 spiro atoms. The van der Waals surface area contributed by atoms with Crippen molar-refractivity contribution in [1.29, 1.82) is 0 Å². The average Bonchev–Trinajstić information content (AvgIpc) is 3.01. The molecule has 1 aromatic carbocycles. The fourth-order valence-electron chi connectivity index (χ4n) is 2.09. The number of fused-ring (bicyclic) bond motifs is 1. The first-order valence-electron chi connectivity index (χ1n) is 7.14. The number of ether oxygens (including phenoxy) is 1. The summed E-state index contributed by atoms with van der Waals surface area (Å²) >= 11 is 0. The number of esters is 1. The van der Waals surface area contributed by atoms with Gasteiger partial charge in [-0.05, 0) is 19.1 Å². The number of anilines is 2. The predicted octanol–water partition coefficient (Wildman–Crippen LogP) is 1.14. The molecule has 2 heterocycles. The van der Waals surface area contributed by atoms with Crippen LogP contribution >= 0.6 is 0 Å². The number of imidazole rings is 1. The Morgan fingerprint density at radius 3 is 2.67 bits per heavy atom. The minimum absolute atomic E-state index is 0.00827. The number of para-hydroxylation sites is 1. The van der Waals surface area contributed by atoms with Crippen LogP contribution in [0.3, 0.4) is 0 Å². The molecule has 0 aliphatic carbocycles. The molecule has 24 heavy (non-hydrogen) atoms. The summed E-state index contributed by atoms with van der Waals surface area (Å²) in [7, 11) is 0. The van der Waals surface area contributed by atoms with E-state index in [1.807, 2.05) is 6.07 Å². The standard InChI is InChI=1S/C15H14N6O3/c1-2-24-15(23)11-13-20-19-10(12(16)21(13)8-17-11)14(22)18-9-6-4-3-5-7-9/h3-8H,2,16H2,1H3,(H,18,22). The second-order valence-electron chi connectivity index (χ2n) is 4.76. The van der Waals surface area contributed by atoms with Gasteiger partial charge in [-0.3, -0.25) is 9.20 Å². The minimum Gasteiger partial charge on any atom is -0.461 e. The van der Waals surface area contributed by atoms with Crippen LogP contribution in [0.15, 0.2) is 36.7 Å². The van der Waals surface area contributed by atoms with Gasteiger partial charge < -0.3 is 15.8 Å². The fourth-order valence-corrected chi connectivity index (χ4v) is 2.09. The number of aromatic nitrogens is 4. The van der Waals surface area contributed by atoms with Gasteiger partial charge in [0.05, 0.1) is 6.61 Å². The van der Waals surface area contributed by atoms with Crippen LogP contribution in [-0.4, -0.2) is 38.1 Å². The molecule has 0 aliphatic rings. The van der Waals surface area contributed by atoms with E-state index in [0.717, 1.165) is 0 Å². The maximum absolute atomic E-state index is 12.3. The maximum Gasteiger partial charge on any atom is 0.360 e. The van der Waals surface area contributed by atoms with Gasteiger partial charge >= 0.3 is 5.97 Å². The lowest BCUT2D eigenvalue weighted by molar-refractivity contribution is 0.0522. The number of nitrogens with one attached hydrogen (secondary N) is 1. The van der Waals surface area contributed by atoms with Crippen LogP contribution in [0.5, 0.6) is 0 Å². The van der Waals surface area contributed by atoms with E-state index < -0.39 is 11.9 Å². The molecule has 0 unspecified atom stereocenters. The molecule has 2 aromatic heterocycles. The molecule has 0 aliphatic heterocycles. The van der Waals surface area contributed by atoms with Gasteiger partial charge in [0, 0.05) is 5.69 Å². The van der Waals surface area contributed by atoms with E-state index in [-0.39, 0.29) is 29.5 Å². The van der Waals surface area contributed by atoms with Crippen LogP contribution in [0.25, 0.3) is 5.65 Å². The maximum atomic E-state index is 12.3. The number of carbonyl (C=O) groups excluding carboxylic acids is 2. The van der Waals surface area contributed by atoms with Gasteiger partial charge in [0.15, 0.2) is 17.0 Å². The van der Waals surface area contributed by atoms with Crippen molar-refractivity contribution in [2.75, 3.05) is 17.7 Å². The van der Waals surface area contributed by atoms with Gasteiger partial charge in [-0.2, -0.15) is 0 Å². The third-order valence-corrected chi connectivity index (χ3v) is 3.20. The molecule has 9 heteroatoms. The van der Waals surface area contributed by atoms with Gasteiger partial charge in [-0.15, -0.1) is 10.2 Å². The number of nitrogens with two attached hydrogens (primary N) is 1. The third-order valence-electron chi connectivity index (χ3n) is 3.20. The average molecular weight is 326 g/mol. The van der Waals surface area contributed by atoms with Crippen LogP contribution in [-0.2, 0) is 4.74 Å². The number of carbonyl (C=O) groups is 2. The number of nitrogen functional groups attached to an aromatic ring is 1. The molecule has 3 rings (SSSR count). The normalized spacial score (nSPS) is 10.5. The monoisotopic (exact) mass is 326 g/mol. The summed E-state index contributed by atoms with van der Waals surface area (Å²) in [5.41, 5.74) is 6.62. The molecule has 122 valence electrons. The molecule has 3 aromatic rings. The summed E-state index contributed by atoms with van der Waals surface area (Å²) in [5.74, 6) is -1.12. The summed E-state index contributed by atoms with van der Waals surface area (Å²) in [5, 5.41) is 10.4. The number of rotatable bonds is 4. The van der Waals surface area contributed by atoms with Crippen molar-refractivity contribution in [3.63, 3.8) is 0 Å². The first-order valence-corrected chi connectivity index (χ1v) is 7.14. The van der Waals surface area contributed by atoms with Crippen LogP contribution in [0.4, 0.5) is 11.5 Å². The SMILES string of the molecule is CCOC(=O)c1ncn2c(N)c(C(=O)Nc3ccccc3)nnc12. The number of nitrogens with zero attached hydrogens (tertiary/aromatic N) is 4. The predicted molar refractivity (Wildman–Crippen MR) is 85.5 cm³/mol. The molecule has 3 N–H and O–H groups in total. The van der Waals surface area contributed by atoms with E-state index in [9.17, 15) is 9.59 Å². The van der Waals surface area contributed by atoms with Crippen molar-refractivity contribution >= 4 is 29.0 Å². The van der Waals surface area contributed by atoms with Gasteiger partial charge in [0.2, 0.25) is 0 Å². The van der Waals surface area contributed by atoms with E-state index in [4.69, 9.17) is 10.5 Å². The zero-order valence-corrected chi connectivity index (χ0v) is 12.8. The molecular formula is C15H14N6O3. The second-order valence-corrected chi connectivity index (χ2v) is 4.76. The fraction of sp³-hybridized carbons (Fsp3) is 0.133. The highest BCUT2D eigenvalue weighted by Gasteiger charge is 2.21. The highest BCUT2D eigenvalue weighted by molar-refractivity contribution is 6.06. The molecule has 9 nitrogen and oxygen atoms in total. The van der Waals surface area contributed by atoms with E-state index >= 15 is 0 Å². The third kappa shape index (κ3) is 2.74. The topological polar surface area (TPSA) is 124 Å². The Morgan fingerprint density at radius 2 is 1.96 bits per heavy atom. The molecule has 0 saturated carbocycles. The van der Waals surface area contributed by atoms with Crippen molar-refractivity contribution in [2.24, 2.45) is 0 Å². The van der Waals surface area contributed by atoms with Crippen molar-refractivity contribution in [1.82, 2.24) is 19.6 Å². The Hall–Kier alpha value is -3.49. The van der Waals surface area contributed by atoms with Crippen LogP contribution in [0.1, 0.15) is 27.9 Å². The Labute approximate surface area is 136 Å². The van der Waals surface area contributed by atoms with Gasteiger partial charge in [0.25, 0.3) is 5.91 Å². The Morgan fingerprint density at radius 1 is 1.21 bits per heavy atom. The van der Waals surface area contributed by atoms with Gasteiger partial charge in [0.1, 0.15) is 12.1 Å². The van der Waals surface area contributed by atoms with E-state index in [1.165, 1.54) is 10.7 Å². The summed E-state index contributed by atoms with van der Waals surface area (Å²) in [4.78, 5) is 28.0. The number of benzene rings is 1. The number of hydrogen-bond acceptors (Lipinski definition) is 7. The largest absolute Gasteiger partial charge is 0.461 e. The lowest BCUT2D eigenvalue weighted by atomic mass is 10.3. The van der Waals surface area contributed by atoms with Gasteiger partial charge in [-0.25, -0.2) is 9.78 Å². The summed E-state index contributed by atoms with van der Waals surface area (Å²) < 4.78 is 6.21. The number of amides is 1. The van der Waals surface area contributed by atoms with Crippen molar-refractivity contribution in [3.05, 3.63) is 48.0 Å². The lowest BCUT2D eigenvalue weighted by Gasteiger charge is -2.07. The van der Waals surface area contributed by atoms with Crippen molar-refractivity contribution in [2.45, 2.75) is 6.92 Å². The zero-order chi connectivity index (χ0) is 17.1. The summed E-state index contributed by atoms with van der Waals surface area (Å²) in [6, 6.07) is 8.87. The highest BCUT2D eigenvalue weighted by Crippen LogP contribution is 2.16.